The first-order valence-electron chi connectivity index (χ1n) is 11.2. The van der Waals surface area contributed by atoms with Crippen LogP contribution in [0, 0.1) is 28.6 Å². The van der Waals surface area contributed by atoms with Crippen LogP contribution in [0.5, 0.6) is 0 Å². The van der Waals surface area contributed by atoms with E-state index in [9.17, 15) is 9.59 Å². The second kappa shape index (κ2) is 6.91. The fourth-order valence-electron chi connectivity index (χ4n) is 7.06. The van der Waals surface area contributed by atoms with E-state index < -0.39 is 11.5 Å². The molecule has 0 bridgehead atoms. The number of allylic oxidation sites excluding steroid dienone is 3. The molecule has 1 aliphatic heterocycles. The maximum atomic E-state index is 12.8. The van der Waals surface area contributed by atoms with E-state index in [4.69, 9.17) is 9.47 Å². The third kappa shape index (κ3) is 2.79. The summed E-state index contributed by atoms with van der Waals surface area (Å²) >= 11 is 0. The lowest BCUT2D eigenvalue weighted by molar-refractivity contribution is -0.197. The molecule has 0 amide bonds. The lowest BCUT2D eigenvalue weighted by atomic mass is 9.49. The summed E-state index contributed by atoms with van der Waals surface area (Å²) in [6.45, 7) is 3.14. The molecule has 0 aromatic rings. The summed E-state index contributed by atoms with van der Waals surface area (Å²) in [5.41, 5.74) is 0.767. The first kappa shape index (κ1) is 18.7. The lowest BCUT2D eigenvalue weighted by Gasteiger charge is -2.54. The maximum Gasteiger partial charge on any atom is 0.184 e. The summed E-state index contributed by atoms with van der Waals surface area (Å²) in [5, 5.41) is 0. The molecule has 0 aromatic heterocycles. The van der Waals surface area contributed by atoms with E-state index in [2.05, 4.69) is 19.1 Å². The first-order valence-corrected chi connectivity index (χ1v) is 11.2. The van der Waals surface area contributed by atoms with Crippen LogP contribution in [0.25, 0.3) is 0 Å². The number of carbonyl (C=O) groups is 2. The Morgan fingerprint density at radius 3 is 2.82 bits per heavy atom. The fraction of sp³-hybridized carbons (Fsp3) is 0.750. The van der Waals surface area contributed by atoms with Crippen LogP contribution in [0.3, 0.4) is 0 Å². The average molecular weight is 385 g/mol. The Balaban J connectivity index is 1.45. The summed E-state index contributed by atoms with van der Waals surface area (Å²) in [4.78, 5) is 25.4. The van der Waals surface area contributed by atoms with Crippen molar-refractivity contribution in [3.8, 4) is 0 Å². The van der Waals surface area contributed by atoms with Crippen LogP contribution < -0.4 is 0 Å². The minimum atomic E-state index is -0.573. The highest BCUT2D eigenvalue weighted by molar-refractivity contribution is 5.98. The van der Waals surface area contributed by atoms with Gasteiger partial charge >= 0.3 is 0 Å². The van der Waals surface area contributed by atoms with Crippen molar-refractivity contribution in [1.29, 1.82) is 0 Å². The minimum absolute atomic E-state index is 0.00809. The largest absolute Gasteiger partial charge is 0.353 e. The van der Waals surface area contributed by atoms with Gasteiger partial charge in [0.05, 0.1) is 5.41 Å². The monoisotopic (exact) mass is 384 g/mol. The second-order valence-corrected chi connectivity index (χ2v) is 10.0. The molecular formula is C24H32O4. The molecule has 4 heteroatoms. The van der Waals surface area contributed by atoms with Crippen LogP contribution in [0.15, 0.2) is 23.8 Å². The molecule has 5 aliphatic rings. The second-order valence-electron chi connectivity index (χ2n) is 10.0. The minimum Gasteiger partial charge on any atom is -0.353 e. The third-order valence-electron chi connectivity index (χ3n) is 8.61. The molecule has 4 aliphatic carbocycles. The van der Waals surface area contributed by atoms with Crippen molar-refractivity contribution < 1.29 is 19.1 Å². The number of rotatable bonds is 3. The highest BCUT2D eigenvalue weighted by atomic mass is 16.7. The number of carbonyl (C=O) groups excluding carboxylic acids is 2. The van der Waals surface area contributed by atoms with Crippen LogP contribution in [-0.2, 0) is 19.1 Å². The fourth-order valence-corrected chi connectivity index (χ4v) is 7.06. The molecule has 152 valence electrons. The summed E-state index contributed by atoms with van der Waals surface area (Å²) < 4.78 is 11.8. The Morgan fingerprint density at radius 1 is 1.14 bits per heavy atom. The van der Waals surface area contributed by atoms with Crippen LogP contribution in [-0.4, -0.2) is 31.1 Å². The highest BCUT2D eigenvalue weighted by Crippen LogP contribution is 2.63. The maximum absolute atomic E-state index is 12.8. The highest BCUT2D eigenvalue weighted by Gasteiger charge is 2.58. The molecule has 4 nitrogen and oxygen atoms in total. The molecule has 5 unspecified atom stereocenters. The van der Waals surface area contributed by atoms with Gasteiger partial charge in [0.25, 0.3) is 0 Å². The molecule has 1 saturated heterocycles. The average Bonchev–Trinajstić information content (AvgIpc) is 3.11. The van der Waals surface area contributed by atoms with E-state index in [1.807, 2.05) is 0 Å². The van der Waals surface area contributed by atoms with Gasteiger partial charge in [-0.05, 0) is 86.2 Å². The molecular weight excluding hydrogens is 352 g/mol. The van der Waals surface area contributed by atoms with Gasteiger partial charge in [-0.3, -0.25) is 4.79 Å². The Bertz CT molecular complexity index is 718. The van der Waals surface area contributed by atoms with Gasteiger partial charge in [-0.15, -0.1) is 0 Å². The van der Waals surface area contributed by atoms with Crippen molar-refractivity contribution in [3.63, 3.8) is 0 Å². The number of hydrogen-bond acceptors (Lipinski definition) is 4. The quantitative estimate of drug-likeness (QED) is 0.678. The van der Waals surface area contributed by atoms with Gasteiger partial charge in [0, 0.05) is 6.61 Å². The van der Waals surface area contributed by atoms with Gasteiger partial charge in [-0.2, -0.15) is 0 Å². The normalized spacial score (nSPS) is 47.7. The molecule has 0 spiro atoms. The zero-order chi connectivity index (χ0) is 19.4. The van der Waals surface area contributed by atoms with Gasteiger partial charge in [-0.1, -0.05) is 25.5 Å². The summed E-state index contributed by atoms with van der Waals surface area (Å²) in [6, 6.07) is 0. The van der Waals surface area contributed by atoms with Crippen molar-refractivity contribution in [2.24, 2.45) is 28.6 Å². The Hall–Kier alpha value is -1.26. The summed E-state index contributed by atoms with van der Waals surface area (Å²) in [5.74, 6) is 1.40. The van der Waals surface area contributed by atoms with Crippen molar-refractivity contribution in [2.75, 3.05) is 6.61 Å². The molecule has 28 heavy (non-hydrogen) atoms. The van der Waals surface area contributed by atoms with Crippen LogP contribution in [0.1, 0.15) is 64.7 Å². The SMILES string of the molecule is C[C@@]12CCCC1C1C=CC3=CC(=O)C(OC4CCCCO4)C[C@]3(C=O)C1CC2. The Labute approximate surface area is 167 Å². The van der Waals surface area contributed by atoms with E-state index in [0.717, 1.165) is 37.5 Å². The summed E-state index contributed by atoms with van der Waals surface area (Å²) in [7, 11) is 0. The van der Waals surface area contributed by atoms with Crippen molar-refractivity contribution in [3.05, 3.63) is 23.8 Å². The molecule has 0 aromatic carbocycles. The first-order chi connectivity index (χ1) is 13.6. The number of aldehydes is 1. The zero-order valence-corrected chi connectivity index (χ0v) is 16.9. The molecule has 0 radical (unpaired) electrons. The van der Waals surface area contributed by atoms with Gasteiger partial charge in [0.15, 0.2) is 12.1 Å². The number of ether oxygens (including phenoxy) is 2. The standard InChI is InChI=1S/C24H32O4/c1-23-10-4-5-18(23)17-8-7-16-13-20(26)21(28-22-6-2-3-12-27-22)14-24(16,15-25)19(17)9-11-23/h7-8,13,15,17-19,21-22H,2-6,9-12,14H2,1H3/t17?,18?,19?,21?,22?,23-,24+/m0/s1. The van der Waals surface area contributed by atoms with E-state index in [0.29, 0.717) is 36.2 Å². The molecule has 7 atom stereocenters. The topological polar surface area (TPSA) is 52.6 Å². The van der Waals surface area contributed by atoms with Crippen molar-refractivity contribution in [2.45, 2.75) is 77.1 Å². The number of hydrogen-bond donors (Lipinski definition) is 0. The zero-order valence-electron chi connectivity index (χ0n) is 16.9. The Morgan fingerprint density at radius 2 is 2.04 bits per heavy atom. The van der Waals surface area contributed by atoms with E-state index in [1.54, 1.807) is 6.08 Å². The number of ketones is 1. The van der Waals surface area contributed by atoms with Gasteiger partial charge in [0.1, 0.15) is 12.4 Å². The molecule has 5 rings (SSSR count). The van der Waals surface area contributed by atoms with Crippen molar-refractivity contribution in [1.82, 2.24) is 0 Å². The molecule has 0 N–H and O–H groups in total. The molecule has 1 heterocycles. The van der Waals surface area contributed by atoms with Crippen molar-refractivity contribution >= 4 is 12.1 Å². The predicted octanol–water partition coefficient (Wildman–Crippen LogP) is 4.39. The van der Waals surface area contributed by atoms with Gasteiger partial charge < -0.3 is 14.3 Å². The van der Waals surface area contributed by atoms with Crippen LogP contribution in [0.2, 0.25) is 0 Å². The van der Waals surface area contributed by atoms with E-state index in [-0.39, 0.29) is 12.1 Å². The van der Waals surface area contributed by atoms with Crippen LogP contribution >= 0.6 is 0 Å². The third-order valence-corrected chi connectivity index (χ3v) is 8.61. The lowest BCUT2D eigenvalue weighted by Crippen LogP contribution is -2.52. The smallest absolute Gasteiger partial charge is 0.184 e. The van der Waals surface area contributed by atoms with E-state index >= 15 is 0 Å². The van der Waals surface area contributed by atoms with Crippen LogP contribution in [0.4, 0.5) is 0 Å². The van der Waals surface area contributed by atoms with E-state index in [1.165, 1.54) is 25.7 Å². The van der Waals surface area contributed by atoms with Gasteiger partial charge in [0.2, 0.25) is 0 Å². The summed E-state index contributed by atoms with van der Waals surface area (Å²) in [6.07, 6.45) is 16.0. The molecule has 2 saturated carbocycles. The number of fused-ring (bicyclic) bond motifs is 5. The Kier molecular flexibility index (Phi) is 4.63. The molecule has 3 fully saturated rings. The van der Waals surface area contributed by atoms with Gasteiger partial charge in [-0.25, -0.2) is 0 Å². The predicted molar refractivity (Wildman–Crippen MR) is 105 cm³/mol.